The molecule has 0 radical (unpaired) electrons. The van der Waals surface area contributed by atoms with Gasteiger partial charge >= 0.3 is 0 Å². The van der Waals surface area contributed by atoms with Crippen LogP contribution in [0.2, 0.25) is 5.02 Å². The summed E-state index contributed by atoms with van der Waals surface area (Å²) in [5.74, 6) is -0.677. The molecule has 0 unspecified atom stereocenters. The quantitative estimate of drug-likeness (QED) is 0.680. The van der Waals surface area contributed by atoms with E-state index in [0.29, 0.717) is 21.8 Å². The average Bonchev–Trinajstić information content (AvgIpc) is 2.66. The minimum absolute atomic E-state index is 0.290. The third-order valence-corrected chi connectivity index (χ3v) is 4.26. The van der Waals surface area contributed by atoms with Crippen LogP contribution >= 0.6 is 11.6 Å². The Morgan fingerprint density at radius 2 is 1.48 bits per heavy atom. The lowest BCUT2D eigenvalue weighted by molar-refractivity contribution is 0.102. The van der Waals surface area contributed by atoms with Crippen molar-refractivity contribution >= 4 is 34.8 Å². The van der Waals surface area contributed by atoms with Crippen molar-refractivity contribution in [2.45, 2.75) is 13.8 Å². The Morgan fingerprint density at radius 1 is 0.852 bits per heavy atom. The molecule has 0 saturated carbocycles. The van der Waals surface area contributed by atoms with Crippen LogP contribution in [0.25, 0.3) is 0 Å². The van der Waals surface area contributed by atoms with Crippen molar-refractivity contribution < 1.29 is 9.59 Å². The third-order valence-electron chi connectivity index (χ3n) is 4.01. The Morgan fingerprint density at radius 3 is 2.15 bits per heavy atom. The van der Waals surface area contributed by atoms with Crippen LogP contribution in [0.5, 0.6) is 0 Å². The number of hydrogen-bond donors (Lipinski definition) is 2. The molecule has 0 spiro atoms. The highest BCUT2D eigenvalue weighted by Crippen LogP contribution is 2.18. The number of aromatic nitrogens is 1. The lowest BCUT2D eigenvalue weighted by atomic mass is 10.1. The number of halogens is 1. The number of carbonyl (C=O) groups is 2. The molecule has 27 heavy (non-hydrogen) atoms. The molecule has 2 N–H and O–H groups in total. The molecule has 1 heterocycles. The molecule has 0 aliphatic heterocycles. The average molecular weight is 380 g/mol. The number of aryl methyl sites for hydroxylation is 2. The van der Waals surface area contributed by atoms with Crippen LogP contribution in [0.1, 0.15) is 31.8 Å². The predicted molar refractivity (Wildman–Crippen MR) is 108 cm³/mol. The van der Waals surface area contributed by atoms with E-state index in [4.69, 9.17) is 11.6 Å². The van der Waals surface area contributed by atoms with Crippen molar-refractivity contribution in [3.63, 3.8) is 0 Å². The summed E-state index contributed by atoms with van der Waals surface area (Å²) in [6.45, 7) is 3.88. The van der Waals surface area contributed by atoms with Crippen LogP contribution in [0, 0.1) is 13.8 Å². The van der Waals surface area contributed by atoms with E-state index in [-0.39, 0.29) is 11.8 Å². The second-order valence-corrected chi connectivity index (χ2v) is 6.63. The fourth-order valence-corrected chi connectivity index (χ4v) is 2.62. The van der Waals surface area contributed by atoms with Crippen LogP contribution in [0.4, 0.5) is 11.4 Å². The Balaban J connectivity index is 1.76. The summed E-state index contributed by atoms with van der Waals surface area (Å²) in [5, 5.41) is 6.20. The largest absolute Gasteiger partial charge is 0.322 e. The minimum atomic E-state index is -0.355. The van der Waals surface area contributed by atoms with Gasteiger partial charge < -0.3 is 10.6 Å². The van der Waals surface area contributed by atoms with E-state index < -0.39 is 0 Å². The molecule has 1 aromatic heterocycles. The summed E-state index contributed by atoms with van der Waals surface area (Å²) in [5.41, 5.74) is 3.94. The topological polar surface area (TPSA) is 71.1 Å². The van der Waals surface area contributed by atoms with Crippen LogP contribution in [0.15, 0.2) is 60.9 Å². The highest BCUT2D eigenvalue weighted by molar-refractivity contribution is 6.30. The number of pyridine rings is 1. The molecule has 3 aromatic rings. The van der Waals surface area contributed by atoms with Crippen LogP contribution in [-0.2, 0) is 0 Å². The molecular formula is C21H18ClN3O2. The Labute approximate surface area is 162 Å². The summed E-state index contributed by atoms with van der Waals surface area (Å²) in [7, 11) is 0. The van der Waals surface area contributed by atoms with Gasteiger partial charge in [0.25, 0.3) is 11.8 Å². The number of nitrogens with zero attached hydrogens (tertiary/aromatic N) is 1. The number of benzene rings is 2. The number of carbonyl (C=O) groups excluding carboxylic acids is 2. The molecule has 0 saturated heterocycles. The van der Waals surface area contributed by atoms with Gasteiger partial charge in [-0.05, 0) is 61.4 Å². The van der Waals surface area contributed by atoms with Crippen LogP contribution in [-0.4, -0.2) is 16.8 Å². The number of rotatable bonds is 4. The van der Waals surface area contributed by atoms with Gasteiger partial charge in [-0.25, -0.2) is 0 Å². The Bertz CT molecular complexity index is 1000. The van der Waals surface area contributed by atoms with Gasteiger partial charge in [-0.1, -0.05) is 23.7 Å². The van der Waals surface area contributed by atoms with Crippen LogP contribution < -0.4 is 10.6 Å². The van der Waals surface area contributed by atoms with Gasteiger partial charge in [-0.2, -0.15) is 0 Å². The first-order valence-corrected chi connectivity index (χ1v) is 8.71. The maximum absolute atomic E-state index is 12.6. The molecule has 3 rings (SSSR count). The second kappa shape index (κ2) is 8.01. The van der Waals surface area contributed by atoms with Crippen molar-refractivity contribution in [1.82, 2.24) is 4.98 Å². The standard InChI is InChI=1S/C21H18ClN3O2/c1-13-3-4-14(2)19(9-13)25-21(27)16-10-15(11-23-12-16)20(26)24-18-7-5-17(22)6-8-18/h3-12H,1-2H3,(H,24,26)(H,25,27). The van der Waals surface area contributed by atoms with Crippen molar-refractivity contribution in [2.24, 2.45) is 0 Å². The lowest BCUT2D eigenvalue weighted by Gasteiger charge is -2.10. The zero-order chi connectivity index (χ0) is 19.4. The number of amides is 2. The van der Waals surface area contributed by atoms with E-state index in [2.05, 4.69) is 15.6 Å². The maximum Gasteiger partial charge on any atom is 0.257 e. The first-order chi connectivity index (χ1) is 12.9. The van der Waals surface area contributed by atoms with Crippen LogP contribution in [0.3, 0.4) is 0 Å². The monoisotopic (exact) mass is 379 g/mol. The SMILES string of the molecule is Cc1ccc(C)c(NC(=O)c2cncc(C(=O)Nc3ccc(Cl)cc3)c2)c1. The van der Waals surface area contributed by atoms with E-state index in [0.717, 1.165) is 16.8 Å². The van der Waals surface area contributed by atoms with Crippen molar-refractivity contribution in [3.8, 4) is 0 Å². The zero-order valence-corrected chi connectivity index (χ0v) is 15.7. The molecule has 0 atom stereocenters. The molecule has 136 valence electrons. The summed E-state index contributed by atoms with van der Waals surface area (Å²) in [6.07, 6.45) is 2.85. The summed E-state index contributed by atoms with van der Waals surface area (Å²) in [4.78, 5) is 29.0. The molecule has 0 aliphatic rings. The molecule has 5 nitrogen and oxygen atoms in total. The molecule has 0 fully saturated rings. The van der Waals surface area contributed by atoms with E-state index >= 15 is 0 Å². The molecule has 0 bridgehead atoms. The van der Waals surface area contributed by atoms with Crippen molar-refractivity contribution in [3.05, 3.63) is 88.2 Å². The van der Waals surface area contributed by atoms with E-state index in [1.54, 1.807) is 24.3 Å². The fraction of sp³-hybridized carbons (Fsp3) is 0.0952. The summed E-state index contributed by atoms with van der Waals surface area (Å²) in [6, 6.07) is 14.1. The van der Waals surface area contributed by atoms with Gasteiger partial charge in [-0.3, -0.25) is 14.6 Å². The molecule has 0 aliphatic carbocycles. The first-order valence-electron chi connectivity index (χ1n) is 8.33. The number of anilines is 2. The van der Waals surface area contributed by atoms with Gasteiger partial charge in [0.05, 0.1) is 11.1 Å². The van der Waals surface area contributed by atoms with Gasteiger partial charge in [0.15, 0.2) is 0 Å². The third kappa shape index (κ3) is 4.71. The molecule has 2 aromatic carbocycles. The van der Waals surface area contributed by atoms with Gasteiger partial charge in [0, 0.05) is 28.8 Å². The van der Waals surface area contributed by atoms with E-state index in [1.807, 2.05) is 32.0 Å². The second-order valence-electron chi connectivity index (χ2n) is 6.20. The minimum Gasteiger partial charge on any atom is -0.322 e. The maximum atomic E-state index is 12.6. The Hall–Kier alpha value is -3.18. The fourth-order valence-electron chi connectivity index (χ4n) is 2.49. The predicted octanol–water partition coefficient (Wildman–Crippen LogP) is 4.86. The summed E-state index contributed by atoms with van der Waals surface area (Å²) >= 11 is 5.84. The van der Waals surface area contributed by atoms with Crippen molar-refractivity contribution in [2.75, 3.05) is 10.6 Å². The van der Waals surface area contributed by atoms with Gasteiger partial charge in [-0.15, -0.1) is 0 Å². The molecule has 6 heteroatoms. The van der Waals surface area contributed by atoms with Gasteiger partial charge in [0.1, 0.15) is 0 Å². The van der Waals surface area contributed by atoms with E-state index in [1.165, 1.54) is 18.5 Å². The molecule has 2 amide bonds. The first kappa shape index (κ1) is 18.6. The van der Waals surface area contributed by atoms with Gasteiger partial charge in [0.2, 0.25) is 0 Å². The highest BCUT2D eigenvalue weighted by Gasteiger charge is 2.13. The normalized spacial score (nSPS) is 10.3. The molecular weight excluding hydrogens is 362 g/mol. The van der Waals surface area contributed by atoms with E-state index in [9.17, 15) is 9.59 Å². The highest BCUT2D eigenvalue weighted by atomic mass is 35.5. The lowest BCUT2D eigenvalue weighted by Crippen LogP contribution is -2.16. The number of nitrogens with one attached hydrogen (secondary N) is 2. The summed E-state index contributed by atoms with van der Waals surface area (Å²) < 4.78 is 0. The number of hydrogen-bond acceptors (Lipinski definition) is 3. The van der Waals surface area contributed by atoms with Crippen molar-refractivity contribution in [1.29, 1.82) is 0 Å². The smallest absolute Gasteiger partial charge is 0.257 e. The zero-order valence-electron chi connectivity index (χ0n) is 14.9. The Kier molecular flexibility index (Phi) is 5.52.